The quantitative estimate of drug-likeness (QED) is 0.861. The highest BCUT2D eigenvalue weighted by Crippen LogP contribution is 2.23. The predicted molar refractivity (Wildman–Crippen MR) is 76.3 cm³/mol. The zero-order valence-corrected chi connectivity index (χ0v) is 12.2. The largest absolute Gasteiger partial charge is 0.396 e. The van der Waals surface area contributed by atoms with Crippen LogP contribution in [0.5, 0.6) is 0 Å². The Morgan fingerprint density at radius 3 is 2.89 bits per heavy atom. The molecule has 0 bridgehead atoms. The van der Waals surface area contributed by atoms with Crippen molar-refractivity contribution in [2.24, 2.45) is 5.92 Å². The third-order valence-electron chi connectivity index (χ3n) is 3.69. The van der Waals surface area contributed by atoms with Crippen LogP contribution in [0.1, 0.15) is 30.1 Å². The van der Waals surface area contributed by atoms with Gasteiger partial charge in [0, 0.05) is 25.4 Å². The minimum atomic E-state index is 0.0193. The molecule has 0 saturated carbocycles. The SMILES string of the molecule is CSc1ccc(C(=O)N2CC(CO)CCC2C)cn1. The lowest BCUT2D eigenvalue weighted by molar-refractivity contribution is 0.0488. The van der Waals surface area contributed by atoms with Crippen LogP contribution >= 0.6 is 11.8 Å². The van der Waals surface area contributed by atoms with E-state index in [0.717, 1.165) is 17.9 Å². The Morgan fingerprint density at radius 1 is 1.53 bits per heavy atom. The molecule has 2 heterocycles. The summed E-state index contributed by atoms with van der Waals surface area (Å²) >= 11 is 1.56. The van der Waals surface area contributed by atoms with Crippen molar-refractivity contribution < 1.29 is 9.90 Å². The summed E-state index contributed by atoms with van der Waals surface area (Å²) in [5.74, 6) is 0.226. The Bertz CT molecular complexity index is 436. The maximum absolute atomic E-state index is 12.5. The molecule has 1 aromatic heterocycles. The van der Waals surface area contributed by atoms with Crippen molar-refractivity contribution in [1.29, 1.82) is 0 Å². The molecule has 19 heavy (non-hydrogen) atoms. The van der Waals surface area contributed by atoms with E-state index in [1.807, 2.05) is 23.3 Å². The van der Waals surface area contributed by atoms with Crippen molar-refractivity contribution in [3.05, 3.63) is 23.9 Å². The number of carbonyl (C=O) groups is 1. The van der Waals surface area contributed by atoms with Crippen LogP contribution in [0, 0.1) is 5.92 Å². The number of hydrogen-bond acceptors (Lipinski definition) is 4. The molecule has 5 heteroatoms. The molecule has 1 saturated heterocycles. The molecule has 1 aromatic rings. The Morgan fingerprint density at radius 2 is 2.32 bits per heavy atom. The van der Waals surface area contributed by atoms with Gasteiger partial charge in [0.2, 0.25) is 0 Å². The van der Waals surface area contributed by atoms with Crippen LogP contribution in [-0.2, 0) is 0 Å². The van der Waals surface area contributed by atoms with Crippen LogP contribution in [0.25, 0.3) is 0 Å². The molecule has 1 N–H and O–H groups in total. The second-order valence-corrected chi connectivity index (χ2v) is 5.85. The molecule has 0 spiro atoms. The first-order valence-electron chi connectivity index (χ1n) is 6.57. The molecule has 0 aliphatic carbocycles. The second kappa shape index (κ2) is 6.39. The summed E-state index contributed by atoms with van der Waals surface area (Å²) in [5.41, 5.74) is 0.628. The van der Waals surface area contributed by atoms with E-state index in [1.165, 1.54) is 0 Å². The fourth-order valence-electron chi connectivity index (χ4n) is 2.41. The van der Waals surface area contributed by atoms with Gasteiger partial charge >= 0.3 is 0 Å². The van der Waals surface area contributed by atoms with Gasteiger partial charge in [-0.25, -0.2) is 4.98 Å². The van der Waals surface area contributed by atoms with Crippen molar-refractivity contribution >= 4 is 17.7 Å². The van der Waals surface area contributed by atoms with Crippen LogP contribution in [0.3, 0.4) is 0 Å². The summed E-state index contributed by atoms with van der Waals surface area (Å²) in [5, 5.41) is 10.2. The molecular weight excluding hydrogens is 260 g/mol. The zero-order chi connectivity index (χ0) is 13.8. The Hall–Kier alpha value is -1.07. The molecule has 2 rings (SSSR count). The molecular formula is C14H20N2O2S. The van der Waals surface area contributed by atoms with E-state index in [9.17, 15) is 9.90 Å². The molecule has 104 valence electrons. The first-order chi connectivity index (χ1) is 9.15. The second-order valence-electron chi connectivity index (χ2n) is 5.02. The fourth-order valence-corrected chi connectivity index (χ4v) is 2.77. The number of aliphatic hydroxyl groups is 1. The van der Waals surface area contributed by atoms with Crippen LogP contribution in [0.2, 0.25) is 0 Å². The monoisotopic (exact) mass is 280 g/mol. The number of nitrogens with zero attached hydrogens (tertiary/aromatic N) is 2. The Kier molecular flexibility index (Phi) is 4.82. The number of hydrogen-bond donors (Lipinski definition) is 1. The van der Waals surface area contributed by atoms with Gasteiger partial charge in [-0.2, -0.15) is 0 Å². The molecule has 1 fully saturated rings. The molecule has 0 radical (unpaired) electrons. The van der Waals surface area contributed by atoms with Crippen molar-refractivity contribution in [2.45, 2.75) is 30.8 Å². The van der Waals surface area contributed by atoms with E-state index in [2.05, 4.69) is 11.9 Å². The number of rotatable bonds is 3. The minimum Gasteiger partial charge on any atom is -0.396 e. The predicted octanol–water partition coefficient (Wildman–Crippen LogP) is 2.04. The summed E-state index contributed by atoms with van der Waals surface area (Å²) in [7, 11) is 0. The average Bonchev–Trinajstić information content (AvgIpc) is 2.47. The number of pyridine rings is 1. The number of likely N-dealkylation sites (tertiary alicyclic amines) is 1. The van der Waals surface area contributed by atoms with E-state index in [-0.39, 0.29) is 24.5 Å². The summed E-state index contributed by atoms with van der Waals surface area (Å²) in [6, 6.07) is 3.93. The molecule has 4 nitrogen and oxygen atoms in total. The highest BCUT2D eigenvalue weighted by Gasteiger charge is 2.29. The summed E-state index contributed by atoms with van der Waals surface area (Å²) in [6.45, 7) is 2.86. The maximum Gasteiger partial charge on any atom is 0.255 e. The van der Waals surface area contributed by atoms with Crippen molar-refractivity contribution in [3.8, 4) is 0 Å². The molecule has 0 aromatic carbocycles. The summed E-state index contributed by atoms with van der Waals surface area (Å²) in [6.07, 6.45) is 5.55. The number of aromatic nitrogens is 1. The minimum absolute atomic E-state index is 0.0193. The van der Waals surface area contributed by atoms with E-state index >= 15 is 0 Å². The fraction of sp³-hybridized carbons (Fsp3) is 0.571. The van der Waals surface area contributed by atoms with Crippen LogP contribution in [0.15, 0.2) is 23.4 Å². The van der Waals surface area contributed by atoms with Gasteiger partial charge < -0.3 is 10.0 Å². The number of thioether (sulfide) groups is 1. The van der Waals surface area contributed by atoms with E-state index < -0.39 is 0 Å². The zero-order valence-electron chi connectivity index (χ0n) is 11.4. The smallest absolute Gasteiger partial charge is 0.255 e. The van der Waals surface area contributed by atoms with Crippen LogP contribution < -0.4 is 0 Å². The maximum atomic E-state index is 12.5. The average molecular weight is 280 g/mol. The van der Waals surface area contributed by atoms with Crippen LogP contribution in [-0.4, -0.2) is 46.3 Å². The lowest BCUT2D eigenvalue weighted by atomic mass is 9.93. The van der Waals surface area contributed by atoms with E-state index in [0.29, 0.717) is 12.1 Å². The van der Waals surface area contributed by atoms with Gasteiger partial charge in [0.1, 0.15) is 0 Å². The van der Waals surface area contributed by atoms with Gasteiger partial charge in [0.05, 0.1) is 10.6 Å². The highest BCUT2D eigenvalue weighted by molar-refractivity contribution is 7.98. The van der Waals surface area contributed by atoms with E-state index in [4.69, 9.17) is 0 Å². The molecule has 1 aliphatic heterocycles. The summed E-state index contributed by atoms with van der Waals surface area (Å²) in [4.78, 5) is 18.6. The number of carbonyl (C=O) groups excluding carboxylic acids is 1. The number of amides is 1. The van der Waals surface area contributed by atoms with Gasteiger partial charge in [-0.1, -0.05) is 0 Å². The summed E-state index contributed by atoms with van der Waals surface area (Å²) < 4.78 is 0. The molecule has 2 unspecified atom stereocenters. The normalized spacial score (nSPS) is 23.4. The van der Waals surface area contributed by atoms with Gasteiger partial charge in [0.15, 0.2) is 0 Å². The molecule has 1 aliphatic rings. The number of aliphatic hydroxyl groups excluding tert-OH is 1. The van der Waals surface area contributed by atoms with Crippen molar-refractivity contribution in [1.82, 2.24) is 9.88 Å². The van der Waals surface area contributed by atoms with Gasteiger partial charge in [-0.3, -0.25) is 4.79 Å². The molecule has 2 atom stereocenters. The van der Waals surface area contributed by atoms with E-state index in [1.54, 1.807) is 18.0 Å². The standard InChI is InChI=1S/C14H20N2O2S/c1-10-3-4-11(9-17)8-16(10)14(18)12-5-6-13(19-2)15-7-12/h5-7,10-11,17H,3-4,8-9H2,1-2H3. The first-order valence-corrected chi connectivity index (χ1v) is 7.80. The Labute approximate surface area is 118 Å². The topological polar surface area (TPSA) is 53.4 Å². The lowest BCUT2D eigenvalue weighted by Gasteiger charge is -2.37. The van der Waals surface area contributed by atoms with Gasteiger partial charge in [-0.05, 0) is 44.1 Å². The third kappa shape index (κ3) is 3.28. The third-order valence-corrected chi connectivity index (χ3v) is 4.35. The highest BCUT2D eigenvalue weighted by atomic mass is 32.2. The lowest BCUT2D eigenvalue weighted by Crippen LogP contribution is -2.46. The van der Waals surface area contributed by atoms with Crippen molar-refractivity contribution in [3.63, 3.8) is 0 Å². The number of piperidine rings is 1. The molecule has 1 amide bonds. The first kappa shape index (κ1) is 14.3. The van der Waals surface area contributed by atoms with Crippen LogP contribution in [0.4, 0.5) is 0 Å². The Balaban J connectivity index is 2.12. The van der Waals surface area contributed by atoms with Gasteiger partial charge in [0.25, 0.3) is 5.91 Å². The van der Waals surface area contributed by atoms with Gasteiger partial charge in [-0.15, -0.1) is 11.8 Å². The van der Waals surface area contributed by atoms with Crippen molar-refractivity contribution in [2.75, 3.05) is 19.4 Å².